The summed E-state index contributed by atoms with van der Waals surface area (Å²) >= 11 is 1.41. The molecule has 0 aromatic heterocycles. The Morgan fingerprint density at radius 1 is 1.19 bits per heavy atom. The first-order chi connectivity index (χ1) is 7.83. The molecule has 0 aliphatic heterocycles. The zero-order valence-electron chi connectivity index (χ0n) is 9.63. The first-order valence-electron chi connectivity index (χ1n) is 5.68. The summed E-state index contributed by atoms with van der Waals surface area (Å²) in [6.07, 6.45) is 4.71. The highest BCUT2D eigenvalue weighted by molar-refractivity contribution is 8.52. The summed E-state index contributed by atoms with van der Waals surface area (Å²) < 4.78 is 5.38. The summed E-state index contributed by atoms with van der Waals surface area (Å²) in [6.45, 7) is 2.85. The average molecular weight is 258 g/mol. The van der Waals surface area contributed by atoms with Gasteiger partial charge in [0.2, 0.25) is 7.58 Å². The maximum atomic E-state index is 9.66. The summed E-state index contributed by atoms with van der Waals surface area (Å²) in [5, 5.41) is 0. The van der Waals surface area contributed by atoms with E-state index in [1.807, 2.05) is 30.3 Å². The van der Waals surface area contributed by atoms with Crippen molar-refractivity contribution >= 4 is 19.0 Å². The minimum absolute atomic E-state index is 0.669. The van der Waals surface area contributed by atoms with E-state index in [0.29, 0.717) is 6.61 Å². The number of rotatable bonds is 8. The van der Waals surface area contributed by atoms with Crippen LogP contribution in [0.4, 0.5) is 0 Å². The van der Waals surface area contributed by atoms with Gasteiger partial charge in [-0.1, -0.05) is 44.4 Å². The van der Waals surface area contributed by atoms with E-state index < -0.39 is 7.58 Å². The monoisotopic (exact) mass is 258 g/mol. The van der Waals surface area contributed by atoms with Crippen molar-refractivity contribution < 1.29 is 9.42 Å². The van der Waals surface area contributed by atoms with Crippen LogP contribution in [0.25, 0.3) is 0 Å². The quantitative estimate of drug-likeness (QED) is 0.546. The fraction of sp³-hybridized carbons (Fsp3) is 0.500. The minimum Gasteiger partial charge on any atom is -0.342 e. The molecule has 0 bridgehead atoms. The molecule has 2 nitrogen and oxygen atoms in total. The molecule has 1 atom stereocenters. The van der Waals surface area contributed by atoms with E-state index in [9.17, 15) is 4.89 Å². The highest BCUT2D eigenvalue weighted by Gasteiger charge is 2.06. The van der Waals surface area contributed by atoms with Gasteiger partial charge in [-0.2, -0.15) is 0 Å². The lowest BCUT2D eigenvalue weighted by molar-refractivity contribution is 0.310. The third kappa shape index (κ3) is 6.49. The van der Waals surface area contributed by atoms with E-state index in [4.69, 9.17) is 4.52 Å². The van der Waals surface area contributed by atoms with E-state index in [1.54, 1.807) is 0 Å². The number of hydrogen-bond acceptors (Lipinski definition) is 3. The molecule has 0 heterocycles. The minimum atomic E-state index is -1.36. The van der Waals surface area contributed by atoms with Gasteiger partial charge >= 0.3 is 0 Å². The van der Waals surface area contributed by atoms with Gasteiger partial charge in [-0.25, -0.2) is 0 Å². The molecular formula is C12H19O2PS. The van der Waals surface area contributed by atoms with Crippen LogP contribution in [0.5, 0.6) is 0 Å². The molecule has 16 heavy (non-hydrogen) atoms. The van der Waals surface area contributed by atoms with E-state index in [1.165, 1.54) is 30.6 Å². The van der Waals surface area contributed by atoms with Crippen molar-refractivity contribution in [1.29, 1.82) is 0 Å². The van der Waals surface area contributed by atoms with Crippen LogP contribution < -0.4 is 0 Å². The molecule has 4 heteroatoms. The van der Waals surface area contributed by atoms with Gasteiger partial charge in [0, 0.05) is 4.90 Å². The number of benzene rings is 1. The van der Waals surface area contributed by atoms with Crippen LogP contribution >= 0.6 is 19.0 Å². The summed E-state index contributed by atoms with van der Waals surface area (Å²) in [5.74, 6) is 0. The SMILES string of the molecule is CCCCCCOP(O)Sc1ccccc1. The van der Waals surface area contributed by atoms with Crippen molar-refractivity contribution in [3.63, 3.8) is 0 Å². The fourth-order valence-electron chi connectivity index (χ4n) is 1.27. The van der Waals surface area contributed by atoms with Crippen LogP contribution in [-0.2, 0) is 4.52 Å². The largest absolute Gasteiger partial charge is 0.342 e. The molecule has 1 N–H and O–H groups in total. The second kappa shape index (κ2) is 9.00. The molecule has 0 fully saturated rings. The summed E-state index contributed by atoms with van der Waals surface area (Å²) in [4.78, 5) is 10.7. The number of hydrogen-bond donors (Lipinski definition) is 1. The zero-order chi connectivity index (χ0) is 11.6. The lowest BCUT2D eigenvalue weighted by atomic mass is 10.2. The van der Waals surface area contributed by atoms with Crippen LogP contribution in [0.2, 0.25) is 0 Å². The Labute approximate surface area is 103 Å². The van der Waals surface area contributed by atoms with E-state index in [-0.39, 0.29) is 0 Å². The Kier molecular flexibility index (Phi) is 7.87. The normalized spacial score (nSPS) is 12.6. The van der Waals surface area contributed by atoms with Crippen LogP contribution in [0, 0.1) is 0 Å². The second-order valence-corrected chi connectivity index (χ2v) is 6.41. The highest BCUT2D eigenvalue weighted by Crippen LogP contribution is 2.51. The van der Waals surface area contributed by atoms with E-state index >= 15 is 0 Å². The third-order valence-corrected chi connectivity index (χ3v) is 4.59. The van der Waals surface area contributed by atoms with Crippen molar-refractivity contribution in [3.8, 4) is 0 Å². The second-order valence-electron chi connectivity index (χ2n) is 3.54. The molecular weight excluding hydrogens is 239 g/mol. The predicted octanol–water partition coefficient (Wildman–Crippen LogP) is 4.59. The maximum Gasteiger partial charge on any atom is 0.240 e. The molecule has 0 saturated carbocycles. The standard InChI is InChI=1S/C12H19O2PS/c1-2-3-4-8-11-14-15(13)16-12-9-6-5-7-10-12/h5-7,9-10,13H,2-4,8,11H2,1H3. The van der Waals surface area contributed by atoms with Crippen LogP contribution in [-0.4, -0.2) is 11.5 Å². The van der Waals surface area contributed by atoms with Gasteiger partial charge in [-0.3, -0.25) is 0 Å². The van der Waals surface area contributed by atoms with Crippen LogP contribution in [0.15, 0.2) is 35.2 Å². The first kappa shape index (κ1) is 14.0. The smallest absolute Gasteiger partial charge is 0.240 e. The molecule has 1 aromatic rings. The van der Waals surface area contributed by atoms with Gasteiger partial charge in [0.1, 0.15) is 0 Å². The van der Waals surface area contributed by atoms with Crippen molar-refractivity contribution in [2.24, 2.45) is 0 Å². The Hall–Kier alpha value is -0.0800. The molecule has 1 aromatic carbocycles. The molecule has 0 spiro atoms. The Balaban J connectivity index is 2.09. The van der Waals surface area contributed by atoms with Crippen molar-refractivity contribution in [2.75, 3.05) is 6.61 Å². The summed E-state index contributed by atoms with van der Waals surface area (Å²) in [6, 6.07) is 9.86. The van der Waals surface area contributed by atoms with Crippen LogP contribution in [0.3, 0.4) is 0 Å². The lowest BCUT2D eigenvalue weighted by Gasteiger charge is -2.09. The Bertz CT molecular complexity index is 269. The van der Waals surface area contributed by atoms with Gasteiger partial charge in [0.15, 0.2) is 0 Å². The van der Waals surface area contributed by atoms with Crippen molar-refractivity contribution in [2.45, 2.75) is 37.5 Å². The molecule has 0 radical (unpaired) electrons. The molecule has 0 amide bonds. The molecule has 0 aliphatic rings. The molecule has 1 unspecified atom stereocenters. The average Bonchev–Trinajstić information content (AvgIpc) is 2.30. The maximum absolute atomic E-state index is 9.66. The van der Waals surface area contributed by atoms with E-state index in [0.717, 1.165) is 11.3 Å². The topological polar surface area (TPSA) is 29.5 Å². The lowest BCUT2D eigenvalue weighted by Crippen LogP contribution is -1.88. The Morgan fingerprint density at radius 2 is 1.94 bits per heavy atom. The van der Waals surface area contributed by atoms with Gasteiger partial charge in [-0.05, 0) is 29.9 Å². The Morgan fingerprint density at radius 3 is 2.62 bits per heavy atom. The van der Waals surface area contributed by atoms with Gasteiger partial charge < -0.3 is 9.42 Å². The van der Waals surface area contributed by atoms with Crippen molar-refractivity contribution in [3.05, 3.63) is 30.3 Å². The van der Waals surface area contributed by atoms with Crippen molar-refractivity contribution in [1.82, 2.24) is 0 Å². The van der Waals surface area contributed by atoms with Gasteiger partial charge in [0.05, 0.1) is 6.61 Å². The fourth-order valence-corrected chi connectivity index (χ4v) is 3.35. The van der Waals surface area contributed by atoms with Gasteiger partial charge in [0.25, 0.3) is 0 Å². The molecule has 1 rings (SSSR count). The number of unbranched alkanes of at least 4 members (excludes halogenated alkanes) is 3. The predicted molar refractivity (Wildman–Crippen MR) is 71.5 cm³/mol. The van der Waals surface area contributed by atoms with E-state index in [2.05, 4.69) is 6.92 Å². The molecule has 90 valence electrons. The highest BCUT2D eigenvalue weighted by atomic mass is 32.7. The van der Waals surface area contributed by atoms with Gasteiger partial charge in [-0.15, -0.1) is 0 Å². The summed E-state index contributed by atoms with van der Waals surface area (Å²) in [7, 11) is -1.36. The van der Waals surface area contributed by atoms with Crippen LogP contribution in [0.1, 0.15) is 32.6 Å². The third-order valence-electron chi connectivity index (χ3n) is 2.13. The summed E-state index contributed by atoms with van der Waals surface area (Å²) in [5.41, 5.74) is 0. The molecule has 0 aliphatic carbocycles. The first-order valence-corrected chi connectivity index (χ1v) is 8.31. The molecule has 0 saturated heterocycles. The zero-order valence-corrected chi connectivity index (χ0v) is 11.3.